The highest BCUT2D eigenvalue weighted by Crippen LogP contribution is 2.39. The molecule has 0 saturated carbocycles. The van der Waals surface area contributed by atoms with E-state index in [2.05, 4.69) is 0 Å². The van der Waals surface area contributed by atoms with E-state index in [-0.39, 0.29) is 24.7 Å². The zero-order valence-corrected chi connectivity index (χ0v) is 19.5. The number of fused-ring (bicyclic) bond motifs is 1. The van der Waals surface area contributed by atoms with Crippen LogP contribution in [-0.4, -0.2) is 38.2 Å². The van der Waals surface area contributed by atoms with Crippen molar-refractivity contribution in [3.05, 3.63) is 75.5 Å². The Morgan fingerprint density at radius 2 is 1.85 bits per heavy atom. The van der Waals surface area contributed by atoms with Crippen molar-refractivity contribution in [3.8, 4) is 17.2 Å². The van der Waals surface area contributed by atoms with Crippen LogP contribution in [0.2, 0.25) is 0 Å². The molecular formula is C25H24F3NO4S. The maximum Gasteiger partial charge on any atom is 0.416 e. The number of carbonyl (C=O) groups excluding carboxylic acids is 1. The van der Waals surface area contributed by atoms with Gasteiger partial charge in [-0.25, -0.2) is 0 Å². The Kier molecular flexibility index (Phi) is 7.02. The average molecular weight is 492 g/mol. The number of methoxy groups -OCH3 is 2. The first-order valence-corrected chi connectivity index (χ1v) is 11.5. The second-order valence-electron chi connectivity index (χ2n) is 7.85. The number of hydrogen-bond donors (Lipinski definition) is 0. The first kappa shape index (κ1) is 23.9. The van der Waals surface area contributed by atoms with E-state index >= 15 is 0 Å². The van der Waals surface area contributed by atoms with Gasteiger partial charge in [0.05, 0.1) is 32.2 Å². The predicted octanol–water partition coefficient (Wildman–Crippen LogP) is 5.53. The molecule has 0 radical (unpaired) electrons. The molecule has 0 fully saturated rings. The maximum absolute atomic E-state index is 13.2. The molecule has 2 heterocycles. The standard InChI is InChI=1S/C25H24F3NO4S/c1-31-22-11-16-8-9-29(24(30)13-19-7-4-10-34-19)21(20(16)14-23(22)32-2)15-33-18-6-3-5-17(12-18)25(26,27)28/h3-7,10-12,14,21H,8-9,13,15H2,1-2H3. The van der Waals surface area contributed by atoms with Crippen molar-refractivity contribution >= 4 is 17.2 Å². The van der Waals surface area contributed by atoms with Crippen LogP contribution < -0.4 is 14.2 Å². The summed E-state index contributed by atoms with van der Waals surface area (Å²) in [5.41, 5.74) is 1.02. The lowest BCUT2D eigenvalue weighted by molar-refractivity contribution is -0.137. The van der Waals surface area contributed by atoms with Gasteiger partial charge in [0.2, 0.25) is 5.91 Å². The van der Waals surface area contributed by atoms with Gasteiger partial charge in [0, 0.05) is 11.4 Å². The van der Waals surface area contributed by atoms with Crippen LogP contribution in [0, 0.1) is 0 Å². The number of rotatable bonds is 7. The number of ether oxygens (including phenoxy) is 3. The highest BCUT2D eigenvalue weighted by atomic mass is 32.1. The third kappa shape index (κ3) is 5.14. The molecule has 3 aromatic rings. The highest BCUT2D eigenvalue weighted by Gasteiger charge is 2.34. The number of thiophene rings is 1. The second kappa shape index (κ2) is 9.97. The Hall–Kier alpha value is -3.20. The molecule has 34 heavy (non-hydrogen) atoms. The fraction of sp³-hybridized carbons (Fsp3) is 0.320. The lowest BCUT2D eigenvalue weighted by Crippen LogP contribution is -2.43. The highest BCUT2D eigenvalue weighted by molar-refractivity contribution is 7.10. The average Bonchev–Trinajstić information content (AvgIpc) is 3.34. The number of alkyl halides is 3. The Balaban J connectivity index is 1.65. The fourth-order valence-electron chi connectivity index (χ4n) is 4.11. The van der Waals surface area contributed by atoms with Crippen LogP contribution in [0.15, 0.2) is 53.9 Å². The van der Waals surface area contributed by atoms with E-state index in [4.69, 9.17) is 14.2 Å². The molecule has 1 unspecified atom stereocenters. The number of carbonyl (C=O) groups is 1. The molecule has 0 N–H and O–H groups in total. The van der Waals surface area contributed by atoms with E-state index in [0.717, 1.165) is 28.1 Å². The monoisotopic (exact) mass is 491 g/mol. The van der Waals surface area contributed by atoms with Crippen LogP contribution >= 0.6 is 11.3 Å². The summed E-state index contributed by atoms with van der Waals surface area (Å²) in [6, 6.07) is 11.8. The minimum Gasteiger partial charge on any atom is -0.493 e. The van der Waals surface area contributed by atoms with Crippen molar-refractivity contribution in [2.45, 2.75) is 25.1 Å². The number of halogens is 3. The Morgan fingerprint density at radius 3 is 2.53 bits per heavy atom. The van der Waals surface area contributed by atoms with E-state index in [1.807, 2.05) is 29.6 Å². The van der Waals surface area contributed by atoms with Crippen LogP contribution in [0.3, 0.4) is 0 Å². The van der Waals surface area contributed by atoms with Crippen molar-refractivity contribution in [1.82, 2.24) is 4.90 Å². The van der Waals surface area contributed by atoms with E-state index in [1.165, 1.54) is 30.6 Å². The van der Waals surface area contributed by atoms with Gasteiger partial charge >= 0.3 is 6.18 Å². The predicted molar refractivity (Wildman–Crippen MR) is 123 cm³/mol. The van der Waals surface area contributed by atoms with Crippen molar-refractivity contribution in [2.75, 3.05) is 27.4 Å². The Labute approximate surface area is 199 Å². The summed E-state index contributed by atoms with van der Waals surface area (Å²) >= 11 is 1.51. The number of amides is 1. The summed E-state index contributed by atoms with van der Waals surface area (Å²) in [7, 11) is 3.08. The fourth-order valence-corrected chi connectivity index (χ4v) is 4.80. The summed E-state index contributed by atoms with van der Waals surface area (Å²) in [6.45, 7) is 0.462. The molecule has 0 aliphatic carbocycles. The summed E-state index contributed by atoms with van der Waals surface area (Å²) < 4.78 is 56.1. The van der Waals surface area contributed by atoms with Crippen LogP contribution in [0.5, 0.6) is 17.2 Å². The molecule has 9 heteroatoms. The van der Waals surface area contributed by atoms with Crippen molar-refractivity contribution in [3.63, 3.8) is 0 Å². The van der Waals surface area contributed by atoms with Gasteiger partial charge in [-0.2, -0.15) is 13.2 Å². The molecule has 180 valence electrons. The Morgan fingerprint density at radius 1 is 1.09 bits per heavy atom. The normalized spacial score (nSPS) is 15.6. The summed E-state index contributed by atoms with van der Waals surface area (Å²) in [4.78, 5) is 15.9. The maximum atomic E-state index is 13.2. The minimum atomic E-state index is -4.47. The molecule has 2 aromatic carbocycles. The van der Waals surface area contributed by atoms with E-state index in [1.54, 1.807) is 12.0 Å². The quantitative estimate of drug-likeness (QED) is 0.436. The van der Waals surface area contributed by atoms with E-state index < -0.39 is 17.8 Å². The molecule has 4 rings (SSSR count). The van der Waals surface area contributed by atoms with Gasteiger partial charge in [0.15, 0.2) is 11.5 Å². The van der Waals surface area contributed by atoms with Crippen molar-refractivity contribution in [1.29, 1.82) is 0 Å². The Bertz CT molecular complexity index is 1150. The second-order valence-corrected chi connectivity index (χ2v) is 8.88. The molecule has 5 nitrogen and oxygen atoms in total. The molecule has 1 aliphatic rings. The summed E-state index contributed by atoms with van der Waals surface area (Å²) in [6.07, 6.45) is -3.60. The van der Waals surface area contributed by atoms with Crippen LogP contribution in [-0.2, 0) is 23.8 Å². The first-order chi connectivity index (χ1) is 16.3. The molecular weight excluding hydrogens is 467 g/mol. The zero-order chi connectivity index (χ0) is 24.3. The molecule has 1 atom stereocenters. The van der Waals surface area contributed by atoms with Gasteiger partial charge in [-0.05, 0) is 59.3 Å². The number of hydrogen-bond acceptors (Lipinski definition) is 5. The SMILES string of the molecule is COc1cc2c(cc1OC)C(COc1cccc(C(F)(F)F)c1)N(C(=O)Cc1cccs1)CC2. The third-order valence-corrected chi connectivity index (χ3v) is 6.67. The van der Waals surface area contributed by atoms with Crippen LogP contribution in [0.25, 0.3) is 0 Å². The summed E-state index contributed by atoms with van der Waals surface area (Å²) in [5.74, 6) is 1.11. The number of benzene rings is 2. The minimum absolute atomic E-state index is 0.0000257. The van der Waals surface area contributed by atoms with Crippen LogP contribution in [0.4, 0.5) is 13.2 Å². The number of nitrogens with zero attached hydrogens (tertiary/aromatic N) is 1. The third-order valence-electron chi connectivity index (χ3n) is 5.80. The van der Waals surface area contributed by atoms with Gasteiger partial charge < -0.3 is 19.1 Å². The lowest BCUT2D eigenvalue weighted by atomic mass is 9.91. The van der Waals surface area contributed by atoms with Gasteiger partial charge in [0.25, 0.3) is 0 Å². The van der Waals surface area contributed by atoms with E-state index in [0.29, 0.717) is 24.5 Å². The zero-order valence-electron chi connectivity index (χ0n) is 18.7. The van der Waals surface area contributed by atoms with Crippen molar-refractivity contribution < 1.29 is 32.2 Å². The smallest absolute Gasteiger partial charge is 0.416 e. The van der Waals surface area contributed by atoms with Crippen LogP contribution in [0.1, 0.15) is 27.6 Å². The first-order valence-electron chi connectivity index (χ1n) is 10.7. The van der Waals surface area contributed by atoms with Gasteiger partial charge in [-0.1, -0.05) is 12.1 Å². The summed E-state index contributed by atoms with van der Waals surface area (Å²) in [5, 5.41) is 1.92. The molecule has 1 aliphatic heterocycles. The van der Waals surface area contributed by atoms with Gasteiger partial charge in [0.1, 0.15) is 12.4 Å². The molecule has 1 aromatic heterocycles. The van der Waals surface area contributed by atoms with Gasteiger partial charge in [-0.15, -0.1) is 11.3 Å². The molecule has 1 amide bonds. The van der Waals surface area contributed by atoms with Gasteiger partial charge in [-0.3, -0.25) is 4.79 Å². The van der Waals surface area contributed by atoms with E-state index in [9.17, 15) is 18.0 Å². The molecule has 0 spiro atoms. The van der Waals surface area contributed by atoms with Crippen molar-refractivity contribution in [2.24, 2.45) is 0 Å². The molecule has 0 saturated heterocycles. The topological polar surface area (TPSA) is 48.0 Å². The largest absolute Gasteiger partial charge is 0.493 e. The lowest BCUT2D eigenvalue weighted by Gasteiger charge is -2.37. The molecule has 0 bridgehead atoms.